The summed E-state index contributed by atoms with van der Waals surface area (Å²) in [7, 11) is 4.70. The Morgan fingerprint density at radius 2 is 2.07 bits per heavy atom. The number of nitrogens with one attached hydrogen (secondary N) is 2. The van der Waals surface area contributed by atoms with Crippen molar-refractivity contribution in [2.75, 3.05) is 26.5 Å². The molecular formula is C18H20ClN7O3. The molecular weight excluding hydrogens is 398 g/mol. The highest BCUT2D eigenvalue weighted by Gasteiger charge is 2.19. The van der Waals surface area contributed by atoms with Gasteiger partial charge in [0.15, 0.2) is 10.9 Å². The molecule has 0 radical (unpaired) electrons. The zero-order valence-corrected chi connectivity index (χ0v) is 16.6. The van der Waals surface area contributed by atoms with Crippen LogP contribution in [0.4, 0.5) is 11.4 Å². The van der Waals surface area contributed by atoms with E-state index in [1.807, 2.05) is 5.32 Å². The lowest BCUT2D eigenvalue weighted by atomic mass is 10.1. The minimum atomic E-state index is -2.62. The molecule has 2 heterocycles. The molecule has 0 aliphatic rings. The maximum atomic E-state index is 12.1. The van der Waals surface area contributed by atoms with Gasteiger partial charge in [0.05, 0.1) is 49.5 Å². The van der Waals surface area contributed by atoms with Crippen LogP contribution in [0, 0.1) is 0 Å². The van der Waals surface area contributed by atoms with E-state index in [9.17, 15) is 4.79 Å². The van der Waals surface area contributed by atoms with Crippen LogP contribution in [-0.2, 0) is 18.3 Å². The van der Waals surface area contributed by atoms with Crippen LogP contribution in [0.1, 0.15) is 9.81 Å². The van der Waals surface area contributed by atoms with Gasteiger partial charge >= 0.3 is 0 Å². The van der Waals surface area contributed by atoms with Gasteiger partial charge in [-0.25, -0.2) is 0 Å². The number of methoxy groups -OCH3 is 2. The van der Waals surface area contributed by atoms with Crippen LogP contribution in [0.25, 0.3) is 11.3 Å². The van der Waals surface area contributed by atoms with Crippen molar-refractivity contribution in [1.82, 2.24) is 30.5 Å². The van der Waals surface area contributed by atoms with E-state index >= 15 is 0 Å². The molecule has 29 heavy (non-hydrogen) atoms. The van der Waals surface area contributed by atoms with Crippen LogP contribution in [0.3, 0.4) is 0 Å². The molecule has 1 amide bonds. The van der Waals surface area contributed by atoms with Crippen LogP contribution in [0.2, 0.25) is 5.15 Å². The van der Waals surface area contributed by atoms with Crippen molar-refractivity contribution >= 4 is 28.9 Å². The molecule has 0 atom stereocenters. The van der Waals surface area contributed by atoms with Gasteiger partial charge in [-0.1, -0.05) is 11.6 Å². The smallest absolute Gasteiger partial charge is 0.225 e. The summed E-state index contributed by atoms with van der Waals surface area (Å²) in [5, 5.41) is 21.2. The molecule has 0 saturated carbocycles. The standard InChI is InChI=1S/C18H20ClN7O3/c1-20-17(27)8-13-12(7-16(19)24-23-13)22-14-6-10(28-3)5-11(18(14)29-4)15-9-21-26(2)25-15/h5-7,9H,8H2,1-4H3,(H,20,27)(H,22,24)/i1D3. The van der Waals surface area contributed by atoms with E-state index in [-0.39, 0.29) is 17.3 Å². The molecule has 0 spiro atoms. The lowest BCUT2D eigenvalue weighted by Crippen LogP contribution is -2.21. The summed E-state index contributed by atoms with van der Waals surface area (Å²) >= 11 is 6.01. The fourth-order valence-electron chi connectivity index (χ4n) is 2.67. The highest BCUT2D eigenvalue weighted by molar-refractivity contribution is 6.29. The molecule has 10 nitrogen and oxygen atoms in total. The fraction of sp³-hybridized carbons (Fsp3) is 0.278. The molecule has 0 aliphatic carbocycles. The first-order chi connectivity index (χ1) is 15.1. The number of likely N-dealkylation sites (N-methyl/N-ethyl adjacent to an activating group) is 1. The van der Waals surface area contributed by atoms with Crippen molar-refractivity contribution in [2.24, 2.45) is 7.05 Å². The SMILES string of the molecule is [2H]C([2H])([2H])NC(=O)Cc1nnc(Cl)cc1Nc1cc(OC)cc(-c2cnn(C)n2)c1OC. The number of aryl methyl sites for hydroxylation is 1. The van der Waals surface area contributed by atoms with Crippen LogP contribution in [-0.4, -0.2) is 52.3 Å². The Morgan fingerprint density at radius 1 is 1.24 bits per heavy atom. The quantitative estimate of drug-likeness (QED) is 0.596. The average Bonchev–Trinajstić information content (AvgIpc) is 3.14. The summed E-state index contributed by atoms with van der Waals surface area (Å²) in [4.78, 5) is 13.5. The minimum Gasteiger partial charge on any atom is -0.497 e. The molecule has 2 N–H and O–H groups in total. The molecule has 0 saturated heterocycles. The van der Waals surface area contributed by atoms with Gasteiger partial charge in [0.2, 0.25) is 5.91 Å². The Balaban J connectivity index is 2.03. The lowest BCUT2D eigenvalue weighted by molar-refractivity contribution is -0.120. The van der Waals surface area contributed by atoms with E-state index in [0.29, 0.717) is 34.1 Å². The zero-order valence-electron chi connectivity index (χ0n) is 18.9. The third-order valence-electron chi connectivity index (χ3n) is 3.96. The first-order valence-corrected chi connectivity index (χ1v) is 8.70. The highest BCUT2D eigenvalue weighted by atomic mass is 35.5. The molecule has 0 aliphatic heterocycles. The molecule has 152 valence electrons. The summed E-state index contributed by atoms with van der Waals surface area (Å²) in [6, 6.07) is 4.89. The molecule has 2 aromatic heterocycles. The Bertz CT molecular complexity index is 1140. The molecule has 11 heteroatoms. The second-order valence-electron chi connectivity index (χ2n) is 5.85. The second kappa shape index (κ2) is 8.74. The number of hydrogen-bond donors (Lipinski definition) is 2. The van der Waals surface area contributed by atoms with Gasteiger partial charge in [-0.2, -0.15) is 20.1 Å². The number of amides is 1. The normalized spacial score (nSPS) is 12.5. The molecule has 0 fully saturated rings. The number of rotatable bonds is 7. The molecule has 3 aromatic rings. The van der Waals surface area contributed by atoms with Gasteiger partial charge in [-0.15, -0.1) is 5.10 Å². The predicted octanol–water partition coefficient (Wildman–Crippen LogP) is 1.97. The summed E-state index contributed by atoms with van der Waals surface area (Å²) in [5.74, 6) is 0.184. The monoisotopic (exact) mass is 420 g/mol. The van der Waals surface area contributed by atoms with Gasteiger partial charge < -0.3 is 20.1 Å². The van der Waals surface area contributed by atoms with E-state index in [2.05, 4.69) is 25.7 Å². The van der Waals surface area contributed by atoms with Crippen LogP contribution < -0.4 is 20.1 Å². The maximum Gasteiger partial charge on any atom is 0.225 e. The predicted molar refractivity (Wildman–Crippen MR) is 108 cm³/mol. The van der Waals surface area contributed by atoms with E-state index < -0.39 is 12.9 Å². The summed E-state index contributed by atoms with van der Waals surface area (Å²) in [6.45, 7) is -2.62. The number of aromatic nitrogens is 5. The number of carbonyl (C=O) groups excluding carboxylic acids is 1. The van der Waals surface area contributed by atoms with E-state index in [0.717, 1.165) is 0 Å². The minimum absolute atomic E-state index is 0.0727. The number of ether oxygens (including phenoxy) is 2. The molecule has 0 bridgehead atoms. The van der Waals surface area contributed by atoms with Crippen molar-refractivity contribution in [3.8, 4) is 22.8 Å². The largest absolute Gasteiger partial charge is 0.497 e. The van der Waals surface area contributed by atoms with Gasteiger partial charge in [0.1, 0.15) is 11.4 Å². The van der Waals surface area contributed by atoms with Crippen molar-refractivity contribution in [3.63, 3.8) is 0 Å². The molecule has 0 unspecified atom stereocenters. The van der Waals surface area contributed by atoms with Gasteiger partial charge in [0.25, 0.3) is 0 Å². The van der Waals surface area contributed by atoms with Crippen LogP contribution in [0.5, 0.6) is 11.5 Å². The number of nitrogens with zero attached hydrogens (tertiary/aromatic N) is 5. The van der Waals surface area contributed by atoms with Crippen molar-refractivity contribution in [3.05, 3.63) is 35.2 Å². The first-order valence-electron chi connectivity index (χ1n) is 9.82. The molecule has 1 aromatic carbocycles. The van der Waals surface area contributed by atoms with Gasteiger partial charge in [-0.3, -0.25) is 4.79 Å². The number of halogens is 1. The second-order valence-corrected chi connectivity index (χ2v) is 6.24. The maximum absolute atomic E-state index is 12.1. The van der Waals surface area contributed by atoms with Gasteiger partial charge in [0, 0.05) is 30.3 Å². The third kappa shape index (κ3) is 4.54. The summed E-state index contributed by atoms with van der Waals surface area (Å²) < 4.78 is 32.6. The summed E-state index contributed by atoms with van der Waals surface area (Å²) in [6.07, 6.45) is 1.24. The summed E-state index contributed by atoms with van der Waals surface area (Å²) in [5.41, 5.74) is 2.14. The highest BCUT2D eigenvalue weighted by Crippen LogP contribution is 2.41. The van der Waals surface area contributed by atoms with Crippen molar-refractivity contribution in [1.29, 1.82) is 0 Å². The number of anilines is 2. The molecule has 3 rings (SSSR count). The Morgan fingerprint density at radius 3 is 2.72 bits per heavy atom. The van der Waals surface area contributed by atoms with E-state index in [4.69, 9.17) is 25.2 Å². The Hall–Kier alpha value is -3.40. The Labute approximate surface area is 176 Å². The van der Waals surface area contributed by atoms with Crippen LogP contribution >= 0.6 is 11.6 Å². The Kier molecular flexibility index (Phi) is 4.98. The van der Waals surface area contributed by atoms with Crippen LogP contribution in [0.15, 0.2) is 24.4 Å². The van der Waals surface area contributed by atoms with Crippen molar-refractivity contribution in [2.45, 2.75) is 6.42 Å². The van der Waals surface area contributed by atoms with E-state index in [1.165, 1.54) is 25.1 Å². The first kappa shape index (κ1) is 16.5. The lowest BCUT2D eigenvalue weighted by Gasteiger charge is -2.17. The zero-order chi connectivity index (χ0) is 23.5. The number of benzene rings is 1. The topological polar surface area (TPSA) is 116 Å². The number of hydrogen-bond acceptors (Lipinski definition) is 8. The fourth-order valence-corrected chi connectivity index (χ4v) is 2.81. The van der Waals surface area contributed by atoms with Gasteiger partial charge in [-0.05, 0) is 6.07 Å². The van der Waals surface area contributed by atoms with E-state index in [1.54, 1.807) is 25.4 Å². The average molecular weight is 421 g/mol. The third-order valence-corrected chi connectivity index (χ3v) is 4.14. The number of carbonyl (C=O) groups is 1. The van der Waals surface area contributed by atoms with Crippen molar-refractivity contribution < 1.29 is 18.4 Å².